The van der Waals surface area contributed by atoms with E-state index in [2.05, 4.69) is 4.98 Å². The number of aryl methyl sites for hydroxylation is 1. The molecule has 1 heterocycles. The molecule has 4 N–H and O–H groups in total. The number of hydrogen-bond donors (Lipinski definition) is 3. The first-order chi connectivity index (χ1) is 10.9. The lowest BCUT2D eigenvalue weighted by molar-refractivity contribution is 0.467. The quantitative estimate of drug-likeness (QED) is 0.501. The van der Waals surface area contributed by atoms with Crippen molar-refractivity contribution in [3.05, 3.63) is 51.7 Å². The zero-order valence-electron chi connectivity index (χ0n) is 12.0. The number of nitrogens with one attached hydrogen (secondary N) is 1. The van der Waals surface area contributed by atoms with Crippen molar-refractivity contribution in [2.75, 3.05) is 5.73 Å². The topological polar surface area (TPSA) is 84.0 Å². The van der Waals surface area contributed by atoms with Gasteiger partial charge in [0.2, 0.25) is 0 Å². The number of imidazole rings is 1. The molecular weight excluding hydrogens is 311 g/mol. The molecular formula is C15H12F3N3O2. The fraction of sp³-hybridized carbons (Fsp3) is 0.133. The van der Waals surface area contributed by atoms with Gasteiger partial charge in [0.25, 0.3) is 0 Å². The highest BCUT2D eigenvalue weighted by Crippen LogP contribution is 2.35. The molecule has 3 rings (SSSR count). The van der Waals surface area contributed by atoms with Crippen molar-refractivity contribution < 1.29 is 18.3 Å². The summed E-state index contributed by atoms with van der Waals surface area (Å²) in [6, 6.07) is 4.05. The smallest absolute Gasteiger partial charge is 0.331 e. The lowest BCUT2D eigenvalue weighted by atomic mass is 10.1. The molecule has 0 aliphatic heterocycles. The van der Waals surface area contributed by atoms with Crippen LogP contribution in [0.3, 0.4) is 0 Å². The van der Waals surface area contributed by atoms with Gasteiger partial charge in [-0.2, -0.15) is 0 Å². The van der Waals surface area contributed by atoms with Gasteiger partial charge in [-0.15, -0.1) is 0 Å². The molecule has 0 spiro atoms. The number of nitrogens with zero attached hydrogens (tertiary/aromatic N) is 1. The molecule has 0 aliphatic rings. The number of aromatic nitrogens is 2. The molecule has 1 aromatic heterocycles. The molecule has 0 atom stereocenters. The van der Waals surface area contributed by atoms with Crippen LogP contribution in [0.2, 0.25) is 0 Å². The Labute approximate surface area is 127 Å². The second-order valence-corrected chi connectivity index (χ2v) is 5.02. The Balaban J connectivity index is 2.44. The van der Waals surface area contributed by atoms with Crippen molar-refractivity contribution in [1.82, 2.24) is 9.55 Å². The summed E-state index contributed by atoms with van der Waals surface area (Å²) in [6.07, 6.45) is 0.570. The number of halogens is 3. The molecule has 0 amide bonds. The molecule has 0 saturated carbocycles. The van der Waals surface area contributed by atoms with E-state index >= 15 is 0 Å². The highest BCUT2D eigenvalue weighted by molar-refractivity contribution is 5.89. The van der Waals surface area contributed by atoms with Crippen LogP contribution in [0.1, 0.15) is 12.5 Å². The first-order valence-electron chi connectivity index (χ1n) is 6.75. The van der Waals surface area contributed by atoms with Gasteiger partial charge in [-0.1, -0.05) is 13.0 Å². The van der Waals surface area contributed by atoms with Gasteiger partial charge in [0.15, 0.2) is 17.4 Å². The van der Waals surface area contributed by atoms with E-state index in [0.29, 0.717) is 16.6 Å². The van der Waals surface area contributed by atoms with E-state index < -0.39 is 45.6 Å². The van der Waals surface area contributed by atoms with Crippen LogP contribution in [0.5, 0.6) is 5.75 Å². The van der Waals surface area contributed by atoms with Crippen LogP contribution >= 0.6 is 0 Å². The van der Waals surface area contributed by atoms with Gasteiger partial charge in [-0.3, -0.25) is 4.57 Å². The Morgan fingerprint density at radius 1 is 1.26 bits per heavy atom. The second-order valence-electron chi connectivity index (χ2n) is 5.02. The van der Waals surface area contributed by atoms with Crippen LogP contribution < -0.4 is 11.4 Å². The minimum Gasteiger partial charge on any atom is -0.504 e. The van der Waals surface area contributed by atoms with Gasteiger partial charge in [-0.05, 0) is 24.1 Å². The number of aromatic hydroxyl groups is 1. The number of phenols is 1. The number of benzene rings is 2. The highest BCUT2D eigenvalue weighted by atomic mass is 19.2. The largest absolute Gasteiger partial charge is 0.504 e. The number of fused-ring (bicyclic) bond motifs is 1. The van der Waals surface area contributed by atoms with E-state index in [1.807, 2.05) is 6.92 Å². The first kappa shape index (κ1) is 15.0. The van der Waals surface area contributed by atoms with Crippen LogP contribution in [-0.4, -0.2) is 14.7 Å². The number of hydrogen-bond acceptors (Lipinski definition) is 3. The summed E-state index contributed by atoms with van der Waals surface area (Å²) in [5, 5.41) is 9.79. The third kappa shape index (κ3) is 2.06. The normalized spacial score (nSPS) is 11.3. The van der Waals surface area contributed by atoms with Crippen molar-refractivity contribution >= 4 is 16.7 Å². The van der Waals surface area contributed by atoms with Crippen LogP contribution in [0, 0.1) is 17.5 Å². The van der Waals surface area contributed by atoms with Crippen LogP contribution in [0.15, 0.2) is 23.0 Å². The van der Waals surface area contributed by atoms with Gasteiger partial charge in [0, 0.05) is 0 Å². The Hall–Kier alpha value is -2.90. The summed E-state index contributed by atoms with van der Waals surface area (Å²) in [6.45, 7) is 1.82. The van der Waals surface area contributed by atoms with E-state index in [9.17, 15) is 23.1 Å². The number of anilines is 1. The average molecular weight is 323 g/mol. The number of phenolic OH excluding ortho intramolecular Hbond substituents is 1. The Morgan fingerprint density at radius 2 is 1.96 bits per heavy atom. The summed E-state index contributed by atoms with van der Waals surface area (Å²) >= 11 is 0. The summed E-state index contributed by atoms with van der Waals surface area (Å²) in [7, 11) is 0. The molecule has 8 heteroatoms. The molecule has 120 valence electrons. The number of nitrogens with two attached hydrogens (primary N) is 1. The fourth-order valence-electron chi connectivity index (χ4n) is 2.46. The maximum Gasteiger partial charge on any atom is 0.331 e. The predicted octanol–water partition coefficient (Wildman–Crippen LogP) is 2.59. The molecule has 0 radical (unpaired) electrons. The lowest BCUT2D eigenvalue weighted by Crippen LogP contribution is -2.16. The van der Waals surface area contributed by atoms with Crippen molar-refractivity contribution in [3.8, 4) is 11.4 Å². The van der Waals surface area contributed by atoms with E-state index in [4.69, 9.17) is 5.73 Å². The third-order valence-corrected chi connectivity index (χ3v) is 3.69. The number of H-pyrrole nitrogens is 1. The van der Waals surface area contributed by atoms with Crippen LogP contribution in [-0.2, 0) is 6.42 Å². The molecule has 0 unspecified atom stereocenters. The average Bonchev–Trinajstić information content (AvgIpc) is 2.88. The molecule has 0 bridgehead atoms. The lowest BCUT2D eigenvalue weighted by Gasteiger charge is -2.09. The number of aromatic amines is 1. The maximum absolute atomic E-state index is 14.2. The minimum atomic E-state index is -1.51. The second kappa shape index (κ2) is 5.08. The Bertz CT molecular complexity index is 992. The minimum absolute atomic E-state index is 0.263. The van der Waals surface area contributed by atoms with E-state index in [0.717, 1.165) is 0 Å². The zero-order chi connectivity index (χ0) is 16.9. The third-order valence-electron chi connectivity index (χ3n) is 3.69. The molecule has 2 aromatic carbocycles. The van der Waals surface area contributed by atoms with Gasteiger partial charge >= 0.3 is 5.69 Å². The van der Waals surface area contributed by atoms with Crippen molar-refractivity contribution in [1.29, 1.82) is 0 Å². The maximum atomic E-state index is 14.2. The summed E-state index contributed by atoms with van der Waals surface area (Å²) in [5.74, 6) is -4.54. The number of nitrogen functional groups attached to an aromatic ring is 1. The van der Waals surface area contributed by atoms with E-state index in [1.54, 1.807) is 6.07 Å². The van der Waals surface area contributed by atoms with Crippen molar-refractivity contribution in [3.63, 3.8) is 0 Å². The van der Waals surface area contributed by atoms with Crippen molar-refractivity contribution in [2.45, 2.75) is 13.3 Å². The highest BCUT2D eigenvalue weighted by Gasteiger charge is 2.24. The van der Waals surface area contributed by atoms with Crippen LogP contribution in [0.4, 0.5) is 18.9 Å². The summed E-state index contributed by atoms with van der Waals surface area (Å²) < 4.78 is 42.8. The van der Waals surface area contributed by atoms with Gasteiger partial charge < -0.3 is 15.8 Å². The molecule has 23 heavy (non-hydrogen) atoms. The molecule has 3 aromatic rings. The fourth-order valence-corrected chi connectivity index (χ4v) is 2.46. The molecule has 0 fully saturated rings. The van der Waals surface area contributed by atoms with Gasteiger partial charge in [0.05, 0.1) is 5.69 Å². The summed E-state index contributed by atoms with van der Waals surface area (Å²) in [5.41, 5.74) is 2.90. The van der Waals surface area contributed by atoms with Crippen molar-refractivity contribution in [2.24, 2.45) is 0 Å². The zero-order valence-corrected chi connectivity index (χ0v) is 12.0. The first-order valence-corrected chi connectivity index (χ1v) is 6.75. The van der Waals surface area contributed by atoms with E-state index in [1.165, 1.54) is 12.1 Å². The molecule has 0 saturated heterocycles. The SMILES string of the molecule is CCc1ccc(-n2c(=O)[nH]c3c(O)c(N)c(F)c(F)c32)c(F)c1. The molecule has 0 aliphatic carbocycles. The molecule has 5 nitrogen and oxygen atoms in total. The van der Waals surface area contributed by atoms with E-state index in [-0.39, 0.29) is 5.69 Å². The Morgan fingerprint density at radius 3 is 2.57 bits per heavy atom. The predicted molar refractivity (Wildman–Crippen MR) is 79.2 cm³/mol. The monoisotopic (exact) mass is 323 g/mol. The number of rotatable bonds is 2. The standard InChI is InChI=1S/C15H12F3N3O2/c1-2-6-3-4-8(7(16)5-6)21-13-10(18)9(17)11(19)14(22)12(13)20-15(21)23/h3-5,22H,2,19H2,1H3,(H,20,23). The summed E-state index contributed by atoms with van der Waals surface area (Å²) in [4.78, 5) is 14.2. The Kier molecular flexibility index (Phi) is 3.32. The van der Waals surface area contributed by atoms with Crippen LogP contribution in [0.25, 0.3) is 16.7 Å². The van der Waals surface area contributed by atoms with Gasteiger partial charge in [-0.25, -0.2) is 18.0 Å². The van der Waals surface area contributed by atoms with Gasteiger partial charge in [0.1, 0.15) is 22.5 Å².